The van der Waals surface area contributed by atoms with Crippen molar-refractivity contribution in [1.82, 2.24) is 0 Å². The SMILES string of the molecule is Cc1ccc(F)cc1NS(=O)(=O)c1cc(CO)ccc1C. The fourth-order valence-corrected chi connectivity index (χ4v) is 3.35. The van der Waals surface area contributed by atoms with Crippen molar-refractivity contribution in [2.75, 3.05) is 4.72 Å². The second-order valence-electron chi connectivity index (χ2n) is 4.82. The van der Waals surface area contributed by atoms with Crippen LogP contribution in [-0.2, 0) is 16.6 Å². The molecular weight excluding hydrogens is 293 g/mol. The van der Waals surface area contributed by atoms with E-state index in [1.54, 1.807) is 26.0 Å². The van der Waals surface area contributed by atoms with Crippen LogP contribution in [0.15, 0.2) is 41.3 Å². The van der Waals surface area contributed by atoms with Gasteiger partial charge in [0.15, 0.2) is 0 Å². The Morgan fingerprint density at radius 3 is 2.43 bits per heavy atom. The first-order valence-corrected chi connectivity index (χ1v) is 7.81. The highest BCUT2D eigenvalue weighted by atomic mass is 32.2. The maximum absolute atomic E-state index is 13.3. The first-order valence-electron chi connectivity index (χ1n) is 6.33. The second-order valence-corrected chi connectivity index (χ2v) is 6.47. The average Bonchev–Trinajstić information content (AvgIpc) is 2.43. The topological polar surface area (TPSA) is 66.4 Å². The quantitative estimate of drug-likeness (QED) is 0.912. The Morgan fingerprint density at radius 1 is 1.10 bits per heavy atom. The van der Waals surface area contributed by atoms with Gasteiger partial charge in [0.05, 0.1) is 17.2 Å². The number of rotatable bonds is 4. The summed E-state index contributed by atoms with van der Waals surface area (Å²) in [6.45, 7) is 3.10. The number of halogens is 1. The van der Waals surface area contributed by atoms with Gasteiger partial charge in [-0.15, -0.1) is 0 Å². The van der Waals surface area contributed by atoms with Gasteiger partial charge in [0.25, 0.3) is 10.0 Å². The molecule has 112 valence electrons. The minimum atomic E-state index is -3.84. The number of hydrogen-bond donors (Lipinski definition) is 2. The van der Waals surface area contributed by atoms with E-state index in [-0.39, 0.29) is 17.2 Å². The highest BCUT2D eigenvalue weighted by Gasteiger charge is 2.18. The van der Waals surface area contributed by atoms with Crippen LogP contribution in [0.4, 0.5) is 10.1 Å². The van der Waals surface area contributed by atoms with E-state index in [1.165, 1.54) is 18.2 Å². The van der Waals surface area contributed by atoms with Crippen LogP contribution in [0.2, 0.25) is 0 Å². The molecule has 0 saturated heterocycles. The number of anilines is 1. The van der Waals surface area contributed by atoms with E-state index in [0.29, 0.717) is 16.7 Å². The van der Waals surface area contributed by atoms with Gasteiger partial charge in [-0.3, -0.25) is 4.72 Å². The summed E-state index contributed by atoms with van der Waals surface area (Å²) in [6, 6.07) is 8.60. The van der Waals surface area contributed by atoms with E-state index in [4.69, 9.17) is 5.11 Å². The lowest BCUT2D eigenvalue weighted by molar-refractivity contribution is 0.281. The molecule has 0 aliphatic heterocycles. The van der Waals surface area contributed by atoms with E-state index in [9.17, 15) is 12.8 Å². The van der Waals surface area contributed by atoms with E-state index in [1.807, 2.05) is 0 Å². The third-order valence-corrected chi connectivity index (χ3v) is 4.68. The lowest BCUT2D eigenvalue weighted by Crippen LogP contribution is -2.15. The van der Waals surface area contributed by atoms with Gasteiger partial charge in [0, 0.05) is 0 Å². The summed E-state index contributed by atoms with van der Waals surface area (Å²) in [7, 11) is -3.84. The number of aryl methyl sites for hydroxylation is 2. The van der Waals surface area contributed by atoms with Crippen LogP contribution in [0.5, 0.6) is 0 Å². The van der Waals surface area contributed by atoms with E-state index < -0.39 is 15.8 Å². The van der Waals surface area contributed by atoms with Crippen molar-refractivity contribution in [3.63, 3.8) is 0 Å². The summed E-state index contributed by atoms with van der Waals surface area (Å²) < 4.78 is 40.5. The van der Waals surface area contributed by atoms with Gasteiger partial charge in [-0.1, -0.05) is 18.2 Å². The second kappa shape index (κ2) is 5.83. The number of sulfonamides is 1. The number of benzene rings is 2. The minimum absolute atomic E-state index is 0.0673. The van der Waals surface area contributed by atoms with Crippen LogP contribution in [0.25, 0.3) is 0 Å². The molecule has 2 N–H and O–H groups in total. The van der Waals surface area contributed by atoms with Crippen LogP contribution in [0.3, 0.4) is 0 Å². The zero-order valence-electron chi connectivity index (χ0n) is 11.7. The summed E-state index contributed by atoms with van der Waals surface area (Å²) >= 11 is 0. The first kappa shape index (κ1) is 15.5. The summed E-state index contributed by atoms with van der Waals surface area (Å²) in [4.78, 5) is 0.0673. The third-order valence-electron chi connectivity index (χ3n) is 3.17. The Labute approximate surface area is 123 Å². The first-order chi connectivity index (χ1) is 9.83. The lowest BCUT2D eigenvalue weighted by Gasteiger charge is -2.13. The molecule has 0 amide bonds. The van der Waals surface area contributed by atoms with E-state index in [2.05, 4.69) is 4.72 Å². The predicted octanol–water partition coefficient (Wildman–Crippen LogP) is 2.74. The van der Waals surface area contributed by atoms with Gasteiger partial charge < -0.3 is 5.11 Å². The molecule has 4 nitrogen and oxygen atoms in total. The van der Waals surface area contributed by atoms with Crippen molar-refractivity contribution in [2.24, 2.45) is 0 Å². The molecule has 2 rings (SSSR count). The number of nitrogens with one attached hydrogen (secondary N) is 1. The third kappa shape index (κ3) is 3.40. The predicted molar refractivity (Wildman–Crippen MR) is 79.0 cm³/mol. The van der Waals surface area contributed by atoms with Gasteiger partial charge in [0.2, 0.25) is 0 Å². The summed E-state index contributed by atoms with van der Waals surface area (Å²) in [5.74, 6) is -0.515. The normalized spacial score (nSPS) is 11.4. The Kier molecular flexibility index (Phi) is 4.29. The number of aliphatic hydroxyl groups excluding tert-OH is 1. The van der Waals surface area contributed by atoms with Gasteiger partial charge in [-0.25, -0.2) is 12.8 Å². The summed E-state index contributed by atoms with van der Waals surface area (Å²) in [6.07, 6.45) is 0. The molecule has 21 heavy (non-hydrogen) atoms. The Hall–Kier alpha value is -1.92. The zero-order valence-corrected chi connectivity index (χ0v) is 12.5. The minimum Gasteiger partial charge on any atom is -0.392 e. The fraction of sp³-hybridized carbons (Fsp3) is 0.200. The van der Waals surface area contributed by atoms with E-state index in [0.717, 1.165) is 6.07 Å². The number of aliphatic hydroxyl groups is 1. The maximum atomic E-state index is 13.3. The van der Waals surface area contributed by atoms with Gasteiger partial charge >= 0.3 is 0 Å². The van der Waals surface area contributed by atoms with Crippen molar-refractivity contribution < 1.29 is 17.9 Å². The lowest BCUT2D eigenvalue weighted by atomic mass is 10.2. The van der Waals surface area contributed by atoms with Crippen molar-refractivity contribution in [1.29, 1.82) is 0 Å². The number of hydrogen-bond acceptors (Lipinski definition) is 3. The molecule has 0 atom stereocenters. The standard InChI is InChI=1S/C15H16FNO3S/c1-10-4-6-13(16)8-14(10)17-21(19,20)15-7-12(9-18)5-3-11(15)2/h3-8,17-18H,9H2,1-2H3. The fourth-order valence-electron chi connectivity index (χ4n) is 1.94. The molecule has 0 heterocycles. The Balaban J connectivity index is 2.45. The van der Waals surface area contributed by atoms with Gasteiger partial charge in [0.1, 0.15) is 5.82 Å². The highest BCUT2D eigenvalue weighted by Crippen LogP contribution is 2.23. The molecule has 2 aromatic carbocycles. The smallest absolute Gasteiger partial charge is 0.262 e. The van der Waals surface area contributed by atoms with Gasteiger partial charge in [-0.05, 0) is 48.7 Å². The molecule has 0 spiro atoms. The molecule has 0 radical (unpaired) electrons. The monoisotopic (exact) mass is 309 g/mol. The van der Waals surface area contributed by atoms with Crippen molar-refractivity contribution in [3.8, 4) is 0 Å². The van der Waals surface area contributed by atoms with Crippen LogP contribution in [0, 0.1) is 19.7 Å². The van der Waals surface area contributed by atoms with Crippen molar-refractivity contribution in [2.45, 2.75) is 25.3 Å². The largest absolute Gasteiger partial charge is 0.392 e. The average molecular weight is 309 g/mol. The van der Waals surface area contributed by atoms with Crippen molar-refractivity contribution >= 4 is 15.7 Å². The van der Waals surface area contributed by atoms with Crippen LogP contribution in [-0.4, -0.2) is 13.5 Å². The molecule has 2 aromatic rings. The molecule has 0 aromatic heterocycles. The highest BCUT2D eigenvalue weighted by molar-refractivity contribution is 7.92. The molecule has 0 saturated carbocycles. The molecule has 0 aliphatic carbocycles. The molecule has 0 unspecified atom stereocenters. The molecular formula is C15H16FNO3S. The Bertz CT molecular complexity index is 772. The molecule has 0 aliphatic rings. The van der Waals surface area contributed by atoms with Crippen molar-refractivity contribution in [3.05, 3.63) is 58.9 Å². The van der Waals surface area contributed by atoms with Gasteiger partial charge in [-0.2, -0.15) is 0 Å². The van der Waals surface area contributed by atoms with Crippen LogP contribution < -0.4 is 4.72 Å². The molecule has 0 bridgehead atoms. The van der Waals surface area contributed by atoms with Crippen LogP contribution >= 0.6 is 0 Å². The zero-order chi connectivity index (χ0) is 15.6. The maximum Gasteiger partial charge on any atom is 0.262 e. The van der Waals surface area contributed by atoms with Crippen LogP contribution in [0.1, 0.15) is 16.7 Å². The van der Waals surface area contributed by atoms with E-state index >= 15 is 0 Å². The summed E-state index contributed by atoms with van der Waals surface area (Å²) in [5.41, 5.74) is 1.87. The Morgan fingerprint density at radius 2 is 1.76 bits per heavy atom. The molecule has 6 heteroatoms. The summed E-state index contributed by atoms with van der Waals surface area (Å²) in [5, 5.41) is 9.12. The molecule has 0 fully saturated rings.